The first-order valence-electron chi connectivity index (χ1n) is 4.15. The number of anilines is 1. The number of aromatic nitrogens is 2. The lowest BCUT2D eigenvalue weighted by molar-refractivity contribution is -0.137. The number of carbonyl (C=O) groups is 1. The Hall–Kier alpha value is -1.85. The van der Waals surface area contributed by atoms with Gasteiger partial charge in [0.2, 0.25) is 0 Å². The van der Waals surface area contributed by atoms with Gasteiger partial charge in [-0.1, -0.05) is 0 Å². The van der Waals surface area contributed by atoms with Crippen LogP contribution in [-0.4, -0.2) is 21.0 Å². The molecule has 0 aliphatic heterocycles. The Labute approximate surface area is 79.8 Å². The average molecular weight is 197 g/mol. The average Bonchev–Trinajstić information content (AvgIpc) is 2.01. The molecule has 0 aliphatic rings. The van der Waals surface area contributed by atoms with Crippen molar-refractivity contribution in [3.8, 4) is 0 Å². The second-order valence-electron chi connectivity index (χ2n) is 2.88. The molecule has 0 atom stereocenters. The number of nitrogens with one attached hydrogen (secondary N) is 1. The van der Waals surface area contributed by atoms with Crippen molar-refractivity contribution in [3.05, 3.63) is 22.2 Å². The number of hydrogen-bond donors (Lipinski definition) is 3. The van der Waals surface area contributed by atoms with Crippen molar-refractivity contribution in [2.75, 3.05) is 5.73 Å². The van der Waals surface area contributed by atoms with Crippen molar-refractivity contribution >= 4 is 11.8 Å². The lowest BCUT2D eigenvalue weighted by atomic mass is 10.2. The predicted octanol–water partition coefficient (Wildman–Crippen LogP) is -0.241. The van der Waals surface area contributed by atoms with Gasteiger partial charge in [-0.3, -0.25) is 4.79 Å². The van der Waals surface area contributed by atoms with Crippen molar-refractivity contribution in [2.24, 2.45) is 0 Å². The van der Waals surface area contributed by atoms with Crippen LogP contribution in [0.15, 0.2) is 10.9 Å². The molecule has 0 saturated carbocycles. The summed E-state index contributed by atoms with van der Waals surface area (Å²) in [6.07, 6.45) is 1.02. The van der Waals surface area contributed by atoms with Gasteiger partial charge in [0.25, 0.3) is 0 Å². The molecular formula is C8H11N3O3. The van der Waals surface area contributed by atoms with Crippen LogP contribution in [0.5, 0.6) is 0 Å². The van der Waals surface area contributed by atoms with E-state index in [1.807, 2.05) is 0 Å². The Morgan fingerprint density at radius 3 is 2.93 bits per heavy atom. The van der Waals surface area contributed by atoms with Gasteiger partial charge in [0.05, 0.1) is 0 Å². The third-order valence-corrected chi connectivity index (χ3v) is 1.66. The Kier molecular flexibility index (Phi) is 3.22. The van der Waals surface area contributed by atoms with Gasteiger partial charge in [-0.2, -0.15) is 4.98 Å². The number of carboxylic acids is 1. The number of aryl methyl sites for hydroxylation is 1. The minimum Gasteiger partial charge on any atom is -0.481 e. The van der Waals surface area contributed by atoms with Crippen molar-refractivity contribution in [2.45, 2.75) is 19.3 Å². The zero-order chi connectivity index (χ0) is 10.6. The fraction of sp³-hybridized carbons (Fsp3) is 0.375. The molecule has 0 fully saturated rings. The maximum absolute atomic E-state index is 10.8. The number of carboxylic acid groups (broad SMARTS) is 1. The highest BCUT2D eigenvalue weighted by atomic mass is 16.4. The van der Waals surface area contributed by atoms with Crippen molar-refractivity contribution in [3.63, 3.8) is 0 Å². The molecule has 14 heavy (non-hydrogen) atoms. The van der Waals surface area contributed by atoms with E-state index in [2.05, 4.69) is 9.97 Å². The van der Waals surface area contributed by atoms with E-state index in [0.717, 1.165) is 0 Å². The summed E-state index contributed by atoms with van der Waals surface area (Å²) in [4.78, 5) is 27.0. The van der Waals surface area contributed by atoms with Crippen LogP contribution in [0.3, 0.4) is 0 Å². The van der Waals surface area contributed by atoms with Crippen LogP contribution in [0.1, 0.15) is 18.5 Å². The first-order chi connectivity index (χ1) is 6.58. The van der Waals surface area contributed by atoms with Gasteiger partial charge in [0.15, 0.2) is 0 Å². The summed E-state index contributed by atoms with van der Waals surface area (Å²) in [5, 5.41) is 8.39. The van der Waals surface area contributed by atoms with Gasteiger partial charge in [-0.25, -0.2) is 4.79 Å². The molecule has 1 heterocycles. The molecule has 0 amide bonds. The summed E-state index contributed by atoms with van der Waals surface area (Å²) in [6.45, 7) is 0. The Morgan fingerprint density at radius 2 is 2.36 bits per heavy atom. The summed E-state index contributed by atoms with van der Waals surface area (Å²) in [6, 6.07) is 1.53. The third kappa shape index (κ3) is 3.26. The molecule has 0 spiro atoms. The van der Waals surface area contributed by atoms with Crippen LogP contribution in [0.4, 0.5) is 5.82 Å². The molecule has 6 nitrogen and oxygen atoms in total. The summed E-state index contributed by atoms with van der Waals surface area (Å²) in [5.74, 6) is -0.701. The van der Waals surface area contributed by atoms with Crippen LogP contribution < -0.4 is 11.4 Å². The zero-order valence-corrected chi connectivity index (χ0v) is 7.49. The molecule has 76 valence electrons. The van der Waals surface area contributed by atoms with Gasteiger partial charge in [0, 0.05) is 12.1 Å². The Bertz CT molecular complexity index is 386. The molecule has 0 unspecified atom stereocenters. The second kappa shape index (κ2) is 4.40. The number of rotatable bonds is 4. The predicted molar refractivity (Wildman–Crippen MR) is 49.8 cm³/mol. The smallest absolute Gasteiger partial charge is 0.347 e. The fourth-order valence-corrected chi connectivity index (χ4v) is 1.09. The monoisotopic (exact) mass is 197 g/mol. The lowest BCUT2D eigenvalue weighted by Gasteiger charge is -1.99. The quantitative estimate of drug-likeness (QED) is 0.617. The minimum atomic E-state index is -0.852. The van der Waals surface area contributed by atoms with Gasteiger partial charge in [-0.15, -0.1) is 0 Å². The highest BCUT2D eigenvalue weighted by Gasteiger charge is 2.00. The molecule has 1 rings (SSSR count). The number of hydrogen-bond acceptors (Lipinski definition) is 4. The highest BCUT2D eigenvalue weighted by molar-refractivity contribution is 5.66. The standard InChI is InChI=1S/C8H11N3O3/c9-6-4-5(10-8(14)11-6)2-1-3-7(12)13/h4H,1-3H2,(H,12,13)(H3,9,10,11,14). The number of nitrogens with zero attached hydrogens (tertiary/aromatic N) is 1. The number of H-pyrrole nitrogens is 1. The molecule has 0 aromatic carbocycles. The maximum atomic E-state index is 10.8. The van der Waals surface area contributed by atoms with E-state index in [9.17, 15) is 9.59 Å². The van der Waals surface area contributed by atoms with Gasteiger partial charge >= 0.3 is 11.7 Å². The Morgan fingerprint density at radius 1 is 1.64 bits per heavy atom. The van der Waals surface area contributed by atoms with Gasteiger partial charge in [0.1, 0.15) is 5.82 Å². The third-order valence-electron chi connectivity index (χ3n) is 1.66. The fourth-order valence-electron chi connectivity index (χ4n) is 1.09. The van der Waals surface area contributed by atoms with Crippen LogP contribution in [-0.2, 0) is 11.2 Å². The normalized spacial score (nSPS) is 10.0. The van der Waals surface area contributed by atoms with E-state index in [-0.39, 0.29) is 12.2 Å². The van der Waals surface area contributed by atoms with E-state index in [1.54, 1.807) is 0 Å². The molecule has 1 aromatic rings. The van der Waals surface area contributed by atoms with Crippen LogP contribution in [0.25, 0.3) is 0 Å². The topological polar surface area (TPSA) is 109 Å². The summed E-state index contributed by atoms with van der Waals surface area (Å²) >= 11 is 0. The van der Waals surface area contributed by atoms with E-state index in [4.69, 9.17) is 10.8 Å². The van der Waals surface area contributed by atoms with E-state index >= 15 is 0 Å². The molecular weight excluding hydrogens is 186 g/mol. The second-order valence-corrected chi connectivity index (χ2v) is 2.88. The lowest BCUT2D eigenvalue weighted by Crippen LogP contribution is -2.14. The molecule has 0 saturated heterocycles. The molecule has 4 N–H and O–H groups in total. The number of aliphatic carboxylic acids is 1. The molecule has 1 aromatic heterocycles. The Balaban J connectivity index is 2.59. The van der Waals surface area contributed by atoms with Gasteiger partial charge < -0.3 is 15.8 Å². The molecule has 0 radical (unpaired) electrons. The molecule has 6 heteroatoms. The first-order valence-corrected chi connectivity index (χ1v) is 4.15. The van der Waals surface area contributed by atoms with Crippen molar-refractivity contribution in [1.82, 2.24) is 9.97 Å². The maximum Gasteiger partial charge on any atom is 0.347 e. The van der Waals surface area contributed by atoms with Gasteiger partial charge in [-0.05, 0) is 18.9 Å². The van der Waals surface area contributed by atoms with Crippen LogP contribution in [0.2, 0.25) is 0 Å². The molecule has 0 bridgehead atoms. The van der Waals surface area contributed by atoms with Crippen LogP contribution in [0, 0.1) is 0 Å². The van der Waals surface area contributed by atoms with Crippen molar-refractivity contribution < 1.29 is 9.90 Å². The summed E-state index contributed by atoms with van der Waals surface area (Å²) < 4.78 is 0. The minimum absolute atomic E-state index is 0.0737. The molecule has 0 aliphatic carbocycles. The van der Waals surface area contributed by atoms with E-state index < -0.39 is 11.7 Å². The number of nitrogens with two attached hydrogens (primary N) is 1. The van der Waals surface area contributed by atoms with Crippen LogP contribution >= 0.6 is 0 Å². The van der Waals surface area contributed by atoms with E-state index in [0.29, 0.717) is 18.5 Å². The first kappa shape index (κ1) is 10.2. The number of aromatic amines is 1. The SMILES string of the molecule is Nc1cc(CCCC(=O)O)[nH]c(=O)n1. The van der Waals surface area contributed by atoms with Crippen molar-refractivity contribution in [1.29, 1.82) is 0 Å². The summed E-state index contributed by atoms with van der Waals surface area (Å²) in [7, 11) is 0. The summed E-state index contributed by atoms with van der Waals surface area (Å²) in [5.41, 5.74) is 5.45. The highest BCUT2D eigenvalue weighted by Crippen LogP contribution is 2.02. The van der Waals surface area contributed by atoms with E-state index in [1.165, 1.54) is 6.07 Å². The largest absolute Gasteiger partial charge is 0.481 e. The zero-order valence-electron chi connectivity index (χ0n) is 7.49. The number of nitrogen functional groups attached to an aromatic ring is 1.